The fraction of sp³-hybridized carbons (Fsp3) is 0.619. The zero-order valence-electron chi connectivity index (χ0n) is 16.0. The Bertz CT molecular complexity index is 528. The van der Waals surface area contributed by atoms with E-state index in [1.54, 1.807) is 0 Å². The molecule has 4 atom stereocenters. The van der Waals surface area contributed by atoms with Gasteiger partial charge in [0.05, 0.1) is 12.2 Å². The highest BCUT2D eigenvalue weighted by Crippen LogP contribution is 2.37. The Labute approximate surface area is 149 Å². The van der Waals surface area contributed by atoms with Crippen LogP contribution in [0, 0.1) is 11.8 Å². The van der Waals surface area contributed by atoms with E-state index in [-0.39, 0.29) is 24.0 Å². The Kier molecular flexibility index (Phi) is 6.85. The van der Waals surface area contributed by atoms with Crippen molar-refractivity contribution in [3.05, 3.63) is 42.0 Å². The zero-order valence-corrected chi connectivity index (χ0v) is 17.0. The molecule has 0 saturated carbocycles. The van der Waals surface area contributed by atoms with Gasteiger partial charge in [-0.2, -0.15) is 0 Å². The van der Waals surface area contributed by atoms with Crippen molar-refractivity contribution in [3.8, 4) is 0 Å². The first-order chi connectivity index (χ1) is 11.5. The second-order valence-corrected chi connectivity index (χ2v) is 12.0. The van der Waals surface area contributed by atoms with E-state index in [4.69, 9.17) is 4.43 Å². The zero-order chi connectivity index (χ0) is 17.7. The first kappa shape index (κ1) is 19.4. The van der Waals surface area contributed by atoms with Crippen molar-refractivity contribution >= 4 is 13.9 Å². The molecule has 0 amide bonds. The van der Waals surface area contributed by atoms with Crippen LogP contribution in [0.4, 0.5) is 0 Å². The molecule has 134 valence electrons. The molecule has 24 heavy (non-hydrogen) atoms. The van der Waals surface area contributed by atoms with Crippen LogP contribution in [0.15, 0.2) is 36.4 Å². The van der Waals surface area contributed by atoms with Crippen molar-refractivity contribution in [1.82, 2.24) is 0 Å². The molecule has 0 spiro atoms. The Morgan fingerprint density at radius 1 is 1.04 bits per heavy atom. The topological polar surface area (TPSA) is 29.5 Å². The lowest BCUT2D eigenvalue weighted by Crippen LogP contribution is -2.44. The first-order valence-electron chi connectivity index (χ1n) is 9.59. The molecular weight excluding hydrogens is 312 g/mol. The fourth-order valence-electron chi connectivity index (χ4n) is 3.99. The number of hydrogen-bond acceptors (Lipinski definition) is 2. The van der Waals surface area contributed by atoms with Gasteiger partial charge in [0.25, 0.3) is 0 Å². The molecule has 0 fully saturated rings. The molecule has 2 rings (SSSR count). The van der Waals surface area contributed by atoms with Gasteiger partial charge >= 0.3 is 0 Å². The van der Waals surface area contributed by atoms with E-state index >= 15 is 0 Å². The molecule has 0 aromatic heterocycles. The second kappa shape index (κ2) is 8.46. The van der Waals surface area contributed by atoms with Crippen molar-refractivity contribution < 1.29 is 9.53 Å². The van der Waals surface area contributed by atoms with Crippen LogP contribution in [0.2, 0.25) is 18.1 Å². The summed E-state index contributed by atoms with van der Waals surface area (Å²) in [5.74, 6) is 0.297. The molecule has 0 heterocycles. The first-order valence-corrected chi connectivity index (χ1v) is 12.1. The summed E-state index contributed by atoms with van der Waals surface area (Å²) in [6.45, 7) is 11.1. The van der Waals surface area contributed by atoms with Gasteiger partial charge in [-0.05, 0) is 35.7 Å². The molecule has 1 aromatic rings. The molecule has 1 aliphatic carbocycles. The van der Waals surface area contributed by atoms with Gasteiger partial charge in [-0.1, -0.05) is 71.0 Å². The van der Waals surface area contributed by atoms with E-state index in [9.17, 15) is 5.11 Å². The van der Waals surface area contributed by atoms with Crippen molar-refractivity contribution in [2.75, 3.05) is 0 Å². The van der Waals surface area contributed by atoms with Crippen LogP contribution in [0.25, 0.3) is 5.57 Å². The minimum absolute atomic E-state index is 0.134. The summed E-state index contributed by atoms with van der Waals surface area (Å²) in [6.07, 6.45) is 3.00. The highest BCUT2D eigenvalue weighted by molar-refractivity contribution is 6.73. The summed E-state index contributed by atoms with van der Waals surface area (Å²) in [4.78, 5) is 0. The largest absolute Gasteiger partial charge is 0.413 e. The Balaban J connectivity index is 2.28. The molecule has 0 aliphatic heterocycles. The van der Waals surface area contributed by atoms with Crippen molar-refractivity contribution in [3.63, 3.8) is 0 Å². The number of hydrogen-bond donors (Lipinski definition) is 1. The lowest BCUT2D eigenvalue weighted by Gasteiger charge is -2.37. The maximum atomic E-state index is 10.9. The molecule has 0 saturated heterocycles. The van der Waals surface area contributed by atoms with Crippen molar-refractivity contribution in [2.45, 2.75) is 71.4 Å². The van der Waals surface area contributed by atoms with Crippen LogP contribution in [0.1, 0.15) is 46.6 Å². The Morgan fingerprint density at radius 3 is 2.17 bits per heavy atom. The smallest absolute Gasteiger partial charge is 0.192 e. The van der Waals surface area contributed by atoms with Gasteiger partial charge in [-0.25, -0.2) is 0 Å². The maximum absolute atomic E-state index is 10.9. The SMILES string of the molecule is CC[Si](CC)(CC)OC1CC=C(c2ccccc2)[C@@H](C)[C@@H](O)[C@H]1C. The number of benzene rings is 1. The third-order valence-electron chi connectivity index (χ3n) is 6.14. The van der Waals surface area contributed by atoms with Crippen LogP contribution >= 0.6 is 0 Å². The van der Waals surface area contributed by atoms with Gasteiger partial charge in [0, 0.05) is 11.8 Å². The van der Waals surface area contributed by atoms with Crippen LogP contribution in [-0.2, 0) is 4.43 Å². The summed E-state index contributed by atoms with van der Waals surface area (Å²) in [5.41, 5.74) is 2.49. The summed E-state index contributed by atoms with van der Waals surface area (Å²) in [5, 5.41) is 10.9. The van der Waals surface area contributed by atoms with Crippen LogP contribution in [0.5, 0.6) is 0 Å². The average molecular weight is 347 g/mol. The number of aliphatic hydroxyl groups excluding tert-OH is 1. The summed E-state index contributed by atoms with van der Waals surface area (Å²) >= 11 is 0. The van der Waals surface area contributed by atoms with E-state index < -0.39 is 8.32 Å². The van der Waals surface area contributed by atoms with Gasteiger partial charge < -0.3 is 9.53 Å². The van der Waals surface area contributed by atoms with Crippen molar-refractivity contribution in [2.24, 2.45) is 11.8 Å². The van der Waals surface area contributed by atoms with Crippen LogP contribution < -0.4 is 0 Å². The lowest BCUT2D eigenvalue weighted by molar-refractivity contribution is 0.0181. The van der Waals surface area contributed by atoms with E-state index in [2.05, 4.69) is 65.0 Å². The second-order valence-electron chi connectivity index (χ2n) is 7.30. The summed E-state index contributed by atoms with van der Waals surface area (Å²) < 4.78 is 6.76. The number of rotatable bonds is 6. The highest BCUT2D eigenvalue weighted by atomic mass is 28.4. The van der Waals surface area contributed by atoms with Gasteiger partial charge in [-0.15, -0.1) is 0 Å². The molecule has 1 unspecified atom stereocenters. The van der Waals surface area contributed by atoms with Gasteiger partial charge in [-0.3, -0.25) is 0 Å². The quantitative estimate of drug-likeness (QED) is 0.689. The Hall–Kier alpha value is -0.903. The van der Waals surface area contributed by atoms with Gasteiger partial charge in [0.1, 0.15) is 0 Å². The fourth-order valence-corrected chi connectivity index (χ4v) is 6.94. The lowest BCUT2D eigenvalue weighted by atomic mass is 9.85. The van der Waals surface area contributed by atoms with Gasteiger partial charge in [0.15, 0.2) is 8.32 Å². The third kappa shape index (κ3) is 4.01. The molecular formula is C21H34O2Si. The van der Waals surface area contributed by atoms with E-state index in [1.807, 2.05) is 6.07 Å². The summed E-state index contributed by atoms with van der Waals surface area (Å²) in [7, 11) is -1.66. The molecule has 0 bridgehead atoms. The predicted octanol–water partition coefficient (Wildman–Crippen LogP) is 5.50. The molecule has 1 aliphatic rings. The molecule has 1 N–H and O–H groups in total. The van der Waals surface area contributed by atoms with Crippen molar-refractivity contribution in [1.29, 1.82) is 0 Å². The van der Waals surface area contributed by atoms with E-state index in [0.29, 0.717) is 0 Å². The van der Waals surface area contributed by atoms with Crippen LogP contribution in [0.3, 0.4) is 0 Å². The molecule has 1 aromatic carbocycles. The van der Waals surface area contributed by atoms with E-state index in [0.717, 1.165) is 24.6 Å². The summed E-state index contributed by atoms with van der Waals surface area (Å²) in [6, 6.07) is 13.9. The third-order valence-corrected chi connectivity index (χ3v) is 10.8. The molecule has 0 radical (unpaired) electrons. The number of aliphatic hydroxyl groups is 1. The minimum Gasteiger partial charge on any atom is -0.413 e. The monoisotopic (exact) mass is 346 g/mol. The predicted molar refractivity (Wildman–Crippen MR) is 105 cm³/mol. The normalized spacial score (nSPS) is 28.3. The average Bonchev–Trinajstić information content (AvgIpc) is 2.73. The highest BCUT2D eigenvalue weighted by Gasteiger charge is 2.38. The molecule has 3 heteroatoms. The minimum atomic E-state index is -1.66. The molecule has 2 nitrogen and oxygen atoms in total. The Morgan fingerprint density at radius 2 is 1.62 bits per heavy atom. The van der Waals surface area contributed by atoms with Crippen LogP contribution in [-0.4, -0.2) is 25.6 Å². The maximum Gasteiger partial charge on any atom is 0.192 e. The van der Waals surface area contributed by atoms with E-state index in [1.165, 1.54) is 11.1 Å². The van der Waals surface area contributed by atoms with Gasteiger partial charge in [0.2, 0.25) is 0 Å². The standard InChI is InChI=1S/C21H34O2Si/c1-6-24(7-2,8-3)23-20-15-14-19(16(4)21(22)17(20)5)18-12-10-9-11-13-18/h9-14,16-17,20-22H,6-8,15H2,1-5H3/t16-,17+,20?,21-/m1/s1.